The van der Waals surface area contributed by atoms with Crippen molar-refractivity contribution in [3.63, 3.8) is 0 Å². The zero-order valence-electron chi connectivity index (χ0n) is 19.9. The number of alkyl halides is 3. The molecular weight excluding hydrogens is 505 g/mol. The van der Waals surface area contributed by atoms with Crippen molar-refractivity contribution in [3.8, 4) is 0 Å². The minimum absolute atomic E-state index is 0.00601. The topological polar surface area (TPSA) is 94.3 Å². The number of hydrogen-bond acceptors (Lipinski definition) is 5. The molecule has 0 spiro atoms. The Labute approximate surface area is 215 Å². The van der Waals surface area contributed by atoms with E-state index in [-0.39, 0.29) is 28.9 Å². The van der Waals surface area contributed by atoms with Crippen molar-refractivity contribution < 1.29 is 22.8 Å². The molecule has 0 radical (unpaired) electrons. The molecule has 2 aliphatic rings. The lowest BCUT2D eigenvalue weighted by molar-refractivity contribution is -0.137. The number of halogens is 3. The van der Waals surface area contributed by atoms with Gasteiger partial charge in [-0.25, -0.2) is 0 Å². The summed E-state index contributed by atoms with van der Waals surface area (Å²) in [7, 11) is 0. The standard InChI is InChI=1S/C26H27F3N4O3S/c27-26(28,29)18-3-1-2-17(10-18)24(35)30-12-23(34)31-19-13-33(14-19)20-7-4-15(5-8-20)16-6-9-22-21(11-16)32-25(36)37-22/h1-3,6,9-11,15,19-20H,4-5,7-8,12-14H2,(H,30,35)(H,31,34)(H,32,36)/t15-,20+. The number of H-pyrrole nitrogens is 1. The number of rotatable bonds is 6. The van der Waals surface area contributed by atoms with Crippen molar-refractivity contribution in [3.05, 3.63) is 68.8 Å². The predicted octanol–water partition coefficient (Wildman–Crippen LogP) is 3.87. The summed E-state index contributed by atoms with van der Waals surface area (Å²) in [4.78, 5) is 41.2. The summed E-state index contributed by atoms with van der Waals surface area (Å²) in [6, 6.07) is 10.8. The summed E-state index contributed by atoms with van der Waals surface area (Å²) >= 11 is 1.23. The molecule has 1 aliphatic heterocycles. The minimum atomic E-state index is -4.54. The number of amides is 2. The number of nitrogens with zero attached hydrogens (tertiary/aromatic N) is 1. The zero-order chi connectivity index (χ0) is 26.2. The molecule has 2 fully saturated rings. The molecule has 1 aliphatic carbocycles. The van der Waals surface area contributed by atoms with E-state index in [1.54, 1.807) is 0 Å². The first-order chi connectivity index (χ1) is 17.7. The van der Waals surface area contributed by atoms with Gasteiger partial charge in [-0.3, -0.25) is 19.3 Å². The van der Waals surface area contributed by atoms with Crippen molar-refractivity contribution >= 4 is 33.4 Å². The van der Waals surface area contributed by atoms with Crippen LogP contribution in [-0.2, 0) is 11.0 Å². The van der Waals surface area contributed by atoms with Crippen LogP contribution in [0.3, 0.4) is 0 Å². The molecule has 2 aromatic carbocycles. The van der Waals surface area contributed by atoms with Gasteiger partial charge in [-0.15, -0.1) is 0 Å². The van der Waals surface area contributed by atoms with Crippen LogP contribution in [0.5, 0.6) is 0 Å². The Bertz CT molecular complexity index is 1350. The number of likely N-dealkylation sites (tertiary alicyclic amines) is 1. The second-order valence-corrected chi connectivity index (χ2v) is 10.8. The number of thiazole rings is 1. The van der Waals surface area contributed by atoms with E-state index in [2.05, 4.69) is 32.7 Å². The van der Waals surface area contributed by atoms with Crippen LogP contribution in [0.1, 0.15) is 53.1 Å². The fourth-order valence-electron chi connectivity index (χ4n) is 5.28. The highest BCUT2D eigenvalue weighted by molar-refractivity contribution is 7.16. The highest BCUT2D eigenvalue weighted by Crippen LogP contribution is 2.37. The third kappa shape index (κ3) is 5.88. The van der Waals surface area contributed by atoms with Crippen LogP contribution in [0.4, 0.5) is 13.2 Å². The van der Waals surface area contributed by atoms with E-state index < -0.39 is 17.6 Å². The van der Waals surface area contributed by atoms with Crippen molar-refractivity contribution in [2.45, 2.75) is 49.9 Å². The smallest absolute Gasteiger partial charge is 0.349 e. The Morgan fingerprint density at radius 1 is 1.05 bits per heavy atom. The van der Waals surface area contributed by atoms with Crippen LogP contribution in [0, 0.1) is 0 Å². The van der Waals surface area contributed by atoms with Crippen molar-refractivity contribution in [2.75, 3.05) is 19.6 Å². The number of fused-ring (bicyclic) bond motifs is 1. The zero-order valence-corrected chi connectivity index (χ0v) is 20.8. The van der Waals surface area contributed by atoms with Gasteiger partial charge in [0.25, 0.3) is 5.91 Å². The van der Waals surface area contributed by atoms with Crippen LogP contribution < -0.4 is 15.5 Å². The molecule has 11 heteroatoms. The first kappa shape index (κ1) is 25.5. The highest BCUT2D eigenvalue weighted by atomic mass is 32.1. The van der Waals surface area contributed by atoms with Gasteiger partial charge in [-0.1, -0.05) is 23.5 Å². The van der Waals surface area contributed by atoms with E-state index >= 15 is 0 Å². The van der Waals surface area contributed by atoms with Gasteiger partial charge in [0.05, 0.1) is 28.4 Å². The molecule has 1 saturated heterocycles. The van der Waals surface area contributed by atoms with Crippen LogP contribution in [0.2, 0.25) is 0 Å². The van der Waals surface area contributed by atoms with Gasteiger partial charge >= 0.3 is 11.0 Å². The van der Waals surface area contributed by atoms with E-state index in [1.165, 1.54) is 29.0 Å². The maximum atomic E-state index is 12.8. The van der Waals surface area contributed by atoms with Crippen LogP contribution in [0.25, 0.3) is 10.2 Å². The number of benzene rings is 2. The molecule has 0 atom stereocenters. The van der Waals surface area contributed by atoms with Gasteiger partial charge in [0.15, 0.2) is 0 Å². The van der Waals surface area contributed by atoms with Crippen molar-refractivity contribution in [2.24, 2.45) is 0 Å². The van der Waals surface area contributed by atoms with Gasteiger partial charge in [0.1, 0.15) is 0 Å². The molecule has 2 heterocycles. The summed E-state index contributed by atoms with van der Waals surface area (Å²) in [6.45, 7) is 1.19. The molecule has 0 bridgehead atoms. The Morgan fingerprint density at radius 3 is 2.54 bits per heavy atom. The molecule has 5 rings (SSSR count). The van der Waals surface area contributed by atoms with Crippen LogP contribution >= 0.6 is 11.3 Å². The van der Waals surface area contributed by atoms with E-state index in [4.69, 9.17) is 0 Å². The maximum absolute atomic E-state index is 12.8. The second kappa shape index (κ2) is 10.3. The Morgan fingerprint density at radius 2 is 1.81 bits per heavy atom. The summed E-state index contributed by atoms with van der Waals surface area (Å²) in [5.41, 5.74) is 1.12. The number of hydrogen-bond donors (Lipinski definition) is 3. The van der Waals surface area contributed by atoms with Crippen molar-refractivity contribution in [1.29, 1.82) is 0 Å². The van der Waals surface area contributed by atoms with Gasteiger partial charge < -0.3 is 15.6 Å². The monoisotopic (exact) mass is 532 g/mol. The summed E-state index contributed by atoms with van der Waals surface area (Å²) in [6.07, 6.45) is -0.269. The first-order valence-electron chi connectivity index (χ1n) is 12.3. The lowest BCUT2D eigenvalue weighted by Crippen LogP contribution is -2.63. The van der Waals surface area contributed by atoms with E-state index in [0.717, 1.165) is 61.1 Å². The van der Waals surface area contributed by atoms with Gasteiger partial charge in [0.2, 0.25) is 5.91 Å². The lowest BCUT2D eigenvalue weighted by atomic mass is 9.80. The molecule has 37 heavy (non-hydrogen) atoms. The lowest BCUT2D eigenvalue weighted by Gasteiger charge is -2.46. The van der Waals surface area contributed by atoms with Crippen LogP contribution in [-0.4, -0.2) is 53.4 Å². The molecule has 7 nitrogen and oxygen atoms in total. The van der Waals surface area contributed by atoms with Gasteiger partial charge in [-0.05, 0) is 67.5 Å². The molecule has 3 N–H and O–H groups in total. The fourth-order valence-corrected chi connectivity index (χ4v) is 5.99. The second-order valence-electron chi connectivity index (χ2n) is 9.76. The number of carbonyl (C=O) groups excluding carboxylic acids is 2. The van der Waals surface area contributed by atoms with Crippen LogP contribution in [0.15, 0.2) is 47.3 Å². The number of aromatic nitrogens is 1. The number of nitrogens with one attached hydrogen (secondary N) is 3. The summed E-state index contributed by atoms with van der Waals surface area (Å²) in [5.74, 6) is -0.616. The van der Waals surface area contributed by atoms with Gasteiger partial charge in [-0.2, -0.15) is 13.2 Å². The number of aromatic amines is 1. The minimum Gasteiger partial charge on any atom is -0.349 e. The highest BCUT2D eigenvalue weighted by Gasteiger charge is 2.35. The van der Waals surface area contributed by atoms with E-state index in [1.807, 2.05) is 6.07 Å². The van der Waals surface area contributed by atoms with Crippen molar-refractivity contribution in [1.82, 2.24) is 20.5 Å². The maximum Gasteiger partial charge on any atom is 0.416 e. The molecule has 1 aromatic heterocycles. The predicted molar refractivity (Wildman–Crippen MR) is 135 cm³/mol. The number of carbonyl (C=O) groups is 2. The average Bonchev–Trinajstić information content (AvgIpc) is 3.23. The SMILES string of the molecule is O=C(CNC(=O)c1cccc(C(F)(F)F)c1)NC1CN([C@H]2CC[C@@H](c3ccc4sc(=O)[nH]c4c3)CC2)C1. The molecular formula is C26H27F3N4O3S. The Hall–Kier alpha value is -3.18. The normalized spacial score (nSPS) is 20.9. The van der Waals surface area contributed by atoms with E-state index in [9.17, 15) is 27.6 Å². The fraction of sp³-hybridized carbons (Fsp3) is 0.423. The quantitative estimate of drug-likeness (QED) is 0.450. The largest absolute Gasteiger partial charge is 0.416 e. The third-order valence-corrected chi connectivity index (χ3v) is 8.13. The molecule has 3 aromatic rings. The Balaban J connectivity index is 1.03. The molecule has 0 unspecified atom stereocenters. The summed E-state index contributed by atoms with van der Waals surface area (Å²) in [5, 5.41) is 5.27. The van der Waals surface area contributed by atoms with Gasteiger partial charge in [0, 0.05) is 24.7 Å². The first-order valence-corrected chi connectivity index (χ1v) is 13.1. The average molecular weight is 533 g/mol. The van der Waals surface area contributed by atoms with E-state index in [0.29, 0.717) is 12.0 Å². The molecule has 196 valence electrons. The molecule has 1 saturated carbocycles. The summed E-state index contributed by atoms with van der Waals surface area (Å²) < 4.78 is 39.5. The third-order valence-electron chi connectivity index (χ3n) is 7.26. The molecule has 2 amide bonds. The Kier molecular flexibility index (Phi) is 7.09.